The third-order valence-corrected chi connectivity index (χ3v) is 5.79. The number of carbonyl (C=O) groups excluding carboxylic acids is 2. The number of hydrogen-bond acceptors (Lipinski definition) is 5. The molecule has 0 radical (unpaired) electrons. The third-order valence-electron chi connectivity index (χ3n) is 5.55. The molecule has 8 nitrogen and oxygen atoms in total. The van der Waals surface area contributed by atoms with E-state index in [0.717, 1.165) is 19.3 Å². The van der Waals surface area contributed by atoms with Gasteiger partial charge in [-0.3, -0.25) is 4.79 Å². The molecule has 0 aromatic heterocycles. The van der Waals surface area contributed by atoms with Gasteiger partial charge >= 0.3 is 6.03 Å². The molecule has 9 heteroatoms. The van der Waals surface area contributed by atoms with Crippen molar-refractivity contribution in [2.45, 2.75) is 50.4 Å². The van der Waals surface area contributed by atoms with Crippen molar-refractivity contribution in [2.24, 2.45) is 5.92 Å². The van der Waals surface area contributed by atoms with Crippen LogP contribution in [0, 0.1) is 5.92 Å². The summed E-state index contributed by atoms with van der Waals surface area (Å²) in [5.74, 6) is 0.104. The summed E-state index contributed by atoms with van der Waals surface area (Å²) >= 11 is 5.93. The first-order chi connectivity index (χ1) is 14.5. The second-order valence-corrected chi connectivity index (χ2v) is 8.17. The minimum absolute atomic E-state index is 0.0304. The van der Waals surface area contributed by atoms with Crippen molar-refractivity contribution in [1.82, 2.24) is 10.6 Å². The highest BCUT2D eigenvalue weighted by molar-refractivity contribution is 6.30. The average Bonchev–Trinajstić information content (AvgIpc) is 2.75. The van der Waals surface area contributed by atoms with Gasteiger partial charge in [0.1, 0.15) is 6.10 Å². The highest BCUT2D eigenvalue weighted by Gasteiger charge is 2.32. The van der Waals surface area contributed by atoms with Gasteiger partial charge in [0.15, 0.2) is 0 Å². The van der Waals surface area contributed by atoms with Crippen molar-refractivity contribution in [2.75, 3.05) is 31.7 Å². The molecule has 0 bridgehead atoms. The molecule has 30 heavy (non-hydrogen) atoms. The monoisotopic (exact) mass is 439 g/mol. The van der Waals surface area contributed by atoms with Crippen LogP contribution in [0.5, 0.6) is 0 Å². The Morgan fingerprint density at radius 3 is 2.70 bits per heavy atom. The summed E-state index contributed by atoms with van der Waals surface area (Å²) < 4.78 is 11.2. The van der Waals surface area contributed by atoms with Crippen LogP contribution < -0.4 is 16.0 Å². The van der Waals surface area contributed by atoms with Gasteiger partial charge in [0.05, 0.1) is 18.8 Å². The zero-order chi connectivity index (χ0) is 21.3. The number of amides is 3. The maximum Gasteiger partial charge on any atom is 0.319 e. The van der Waals surface area contributed by atoms with Gasteiger partial charge < -0.3 is 30.5 Å². The van der Waals surface area contributed by atoms with E-state index in [4.69, 9.17) is 21.1 Å². The fourth-order valence-electron chi connectivity index (χ4n) is 3.87. The van der Waals surface area contributed by atoms with Crippen molar-refractivity contribution in [1.29, 1.82) is 0 Å². The van der Waals surface area contributed by atoms with E-state index in [1.807, 2.05) is 0 Å². The zero-order valence-corrected chi connectivity index (χ0v) is 17.7. The van der Waals surface area contributed by atoms with Crippen LogP contribution in [0.2, 0.25) is 5.02 Å². The fraction of sp³-hybridized carbons (Fsp3) is 0.619. The number of aliphatic hydroxyl groups is 1. The lowest BCUT2D eigenvalue weighted by molar-refractivity contribution is -0.128. The van der Waals surface area contributed by atoms with Gasteiger partial charge in [-0.05, 0) is 50.3 Å². The molecule has 3 rings (SSSR count). The van der Waals surface area contributed by atoms with Crippen molar-refractivity contribution >= 4 is 29.2 Å². The van der Waals surface area contributed by atoms with Crippen LogP contribution in [-0.2, 0) is 14.3 Å². The molecule has 3 atom stereocenters. The van der Waals surface area contributed by atoms with Crippen LogP contribution in [0.3, 0.4) is 0 Å². The van der Waals surface area contributed by atoms with E-state index in [9.17, 15) is 14.7 Å². The Hall–Kier alpha value is -1.87. The second kappa shape index (κ2) is 11.5. The molecule has 4 N–H and O–H groups in total. The molecule has 0 saturated carbocycles. The number of hydrogen-bond donors (Lipinski definition) is 4. The van der Waals surface area contributed by atoms with E-state index in [0.29, 0.717) is 43.3 Å². The maximum atomic E-state index is 12.3. The molecule has 1 aromatic rings. The van der Waals surface area contributed by atoms with Crippen molar-refractivity contribution < 1.29 is 24.2 Å². The molecule has 2 saturated heterocycles. The van der Waals surface area contributed by atoms with E-state index in [-0.39, 0.29) is 36.6 Å². The minimum Gasteiger partial charge on any atom is -0.394 e. The van der Waals surface area contributed by atoms with Crippen LogP contribution >= 0.6 is 11.6 Å². The van der Waals surface area contributed by atoms with Gasteiger partial charge in [-0.25, -0.2) is 4.79 Å². The quantitative estimate of drug-likeness (QED) is 0.521. The molecule has 0 aliphatic carbocycles. The maximum absolute atomic E-state index is 12.3. The normalized spacial score (nSPS) is 24.8. The molecule has 3 amide bonds. The van der Waals surface area contributed by atoms with E-state index >= 15 is 0 Å². The molecular weight excluding hydrogens is 410 g/mol. The van der Waals surface area contributed by atoms with Gasteiger partial charge in [0, 0.05) is 36.4 Å². The van der Waals surface area contributed by atoms with Crippen LogP contribution in [0.4, 0.5) is 10.5 Å². The first kappa shape index (κ1) is 22.8. The van der Waals surface area contributed by atoms with Gasteiger partial charge in [-0.2, -0.15) is 0 Å². The number of benzene rings is 1. The number of rotatable bonds is 7. The smallest absolute Gasteiger partial charge is 0.319 e. The first-order valence-corrected chi connectivity index (χ1v) is 10.9. The standard InChI is InChI=1S/C21H30ClN3O5/c22-15-2-1-3-16(12-15)24-21(28)25-18-5-4-17(30-19(18)13-26)6-9-23-20(27)14-7-10-29-11-8-14/h1-3,12,14,17-19,26H,4-11,13H2,(H,23,27)(H2,24,25,28)/t17-,18-,19+/m1/s1. The lowest BCUT2D eigenvalue weighted by Gasteiger charge is -2.36. The highest BCUT2D eigenvalue weighted by Crippen LogP contribution is 2.22. The summed E-state index contributed by atoms with van der Waals surface area (Å²) in [6.07, 6.45) is 3.09. The third kappa shape index (κ3) is 6.84. The number of nitrogens with one attached hydrogen (secondary N) is 3. The molecule has 0 spiro atoms. The van der Waals surface area contributed by atoms with E-state index < -0.39 is 6.10 Å². The van der Waals surface area contributed by atoms with Crippen LogP contribution in [0.15, 0.2) is 24.3 Å². The molecular formula is C21H30ClN3O5. The number of aliphatic hydroxyl groups excluding tert-OH is 1. The number of urea groups is 1. The molecule has 2 aliphatic heterocycles. The predicted octanol–water partition coefficient (Wildman–Crippen LogP) is 2.30. The first-order valence-electron chi connectivity index (χ1n) is 10.5. The topological polar surface area (TPSA) is 109 Å². The van der Waals surface area contributed by atoms with E-state index in [1.54, 1.807) is 24.3 Å². The SMILES string of the molecule is O=C(Nc1cccc(Cl)c1)N[C@@H]1CC[C@H](CCNC(=O)C2CCOCC2)O[C@H]1CO. The summed E-state index contributed by atoms with van der Waals surface area (Å²) in [6, 6.07) is 6.23. The largest absolute Gasteiger partial charge is 0.394 e. The Balaban J connectivity index is 1.39. The second-order valence-electron chi connectivity index (χ2n) is 7.74. The van der Waals surface area contributed by atoms with Crippen molar-refractivity contribution in [3.05, 3.63) is 29.3 Å². The number of ether oxygens (including phenoxy) is 2. The Morgan fingerprint density at radius 1 is 1.17 bits per heavy atom. The van der Waals surface area contributed by atoms with Gasteiger partial charge in [-0.1, -0.05) is 17.7 Å². The zero-order valence-electron chi connectivity index (χ0n) is 16.9. The van der Waals surface area contributed by atoms with Crippen molar-refractivity contribution in [3.8, 4) is 0 Å². The molecule has 0 unspecified atom stereocenters. The van der Waals surface area contributed by atoms with Gasteiger partial charge in [0.2, 0.25) is 5.91 Å². The average molecular weight is 440 g/mol. The molecule has 2 fully saturated rings. The van der Waals surface area contributed by atoms with E-state index in [2.05, 4.69) is 16.0 Å². The minimum atomic E-state index is -0.486. The Bertz CT molecular complexity index is 714. The summed E-state index contributed by atoms with van der Waals surface area (Å²) in [5, 5.41) is 18.8. The van der Waals surface area contributed by atoms with E-state index in [1.165, 1.54) is 0 Å². The lowest BCUT2D eigenvalue weighted by atomic mass is 9.96. The number of anilines is 1. The summed E-state index contributed by atoms with van der Waals surface area (Å²) in [6.45, 7) is 1.63. The van der Waals surface area contributed by atoms with Crippen LogP contribution in [-0.4, -0.2) is 61.7 Å². The molecule has 1 aromatic carbocycles. The number of carbonyl (C=O) groups is 2. The molecule has 166 valence electrons. The Morgan fingerprint density at radius 2 is 1.97 bits per heavy atom. The van der Waals surface area contributed by atoms with Gasteiger partial charge in [0.25, 0.3) is 0 Å². The van der Waals surface area contributed by atoms with Gasteiger partial charge in [-0.15, -0.1) is 0 Å². The number of halogens is 1. The van der Waals surface area contributed by atoms with Crippen LogP contribution in [0.25, 0.3) is 0 Å². The van der Waals surface area contributed by atoms with Crippen molar-refractivity contribution in [3.63, 3.8) is 0 Å². The highest BCUT2D eigenvalue weighted by atomic mass is 35.5. The summed E-state index contributed by atoms with van der Waals surface area (Å²) in [7, 11) is 0. The Kier molecular flexibility index (Phi) is 8.74. The predicted molar refractivity (Wildman–Crippen MR) is 114 cm³/mol. The summed E-state index contributed by atoms with van der Waals surface area (Å²) in [4.78, 5) is 24.5. The Labute approximate surface area is 181 Å². The molecule has 2 heterocycles. The summed E-state index contributed by atoms with van der Waals surface area (Å²) in [5.41, 5.74) is 0.593. The lowest BCUT2D eigenvalue weighted by Crippen LogP contribution is -2.52. The molecule has 2 aliphatic rings. The van der Waals surface area contributed by atoms with Crippen LogP contribution in [0.1, 0.15) is 32.1 Å². The fourth-order valence-corrected chi connectivity index (χ4v) is 4.06.